The van der Waals surface area contributed by atoms with Gasteiger partial charge in [0.15, 0.2) is 0 Å². The molecule has 2 rings (SSSR count). The van der Waals surface area contributed by atoms with Crippen LogP contribution in [-0.4, -0.2) is 16.1 Å². The molecule has 3 heteroatoms. The monoisotopic (exact) mass is 207 g/mol. The Kier molecular flexibility index (Phi) is 2.83. The van der Waals surface area contributed by atoms with Gasteiger partial charge < -0.3 is 10.3 Å². The minimum absolute atomic E-state index is 0.163. The first-order valence-corrected chi connectivity index (χ1v) is 5.92. The second-order valence-electron chi connectivity index (χ2n) is 4.98. The summed E-state index contributed by atoms with van der Waals surface area (Å²) in [4.78, 5) is 4.29. The van der Waals surface area contributed by atoms with Gasteiger partial charge in [0.25, 0.3) is 0 Å². The first kappa shape index (κ1) is 10.7. The van der Waals surface area contributed by atoms with E-state index in [0.717, 1.165) is 6.54 Å². The molecule has 1 aliphatic carbocycles. The van der Waals surface area contributed by atoms with Crippen LogP contribution in [0, 0.1) is 0 Å². The Bertz CT molecular complexity index is 321. The van der Waals surface area contributed by atoms with Crippen LogP contribution in [0.15, 0.2) is 12.5 Å². The van der Waals surface area contributed by atoms with Crippen LogP contribution in [0.3, 0.4) is 0 Å². The summed E-state index contributed by atoms with van der Waals surface area (Å²) < 4.78 is 2.34. The van der Waals surface area contributed by atoms with Crippen molar-refractivity contribution >= 4 is 0 Å². The van der Waals surface area contributed by atoms with E-state index in [0.29, 0.717) is 5.92 Å². The largest absolute Gasteiger partial charge is 0.328 e. The van der Waals surface area contributed by atoms with Crippen molar-refractivity contribution in [1.82, 2.24) is 9.55 Å². The Balaban J connectivity index is 2.38. The van der Waals surface area contributed by atoms with Crippen LogP contribution in [-0.2, 0) is 5.54 Å². The van der Waals surface area contributed by atoms with Gasteiger partial charge in [-0.1, -0.05) is 26.7 Å². The third-order valence-corrected chi connectivity index (χ3v) is 3.68. The zero-order valence-electron chi connectivity index (χ0n) is 9.74. The Hall–Kier alpha value is -0.830. The molecule has 0 bridgehead atoms. The molecule has 1 aromatic rings. The van der Waals surface area contributed by atoms with Crippen LogP contribution in [0.4, 0.5) is 0 Å². The molecule has 0 spiro atoms. The Morgan fingerprint density at radius 2 is 2.13 bits per heavy atom. The molecule has 0 aliphatic heterocycles. The van der Waals surface area contributed by atoms with E-state index in [9.17, 15) is 0 Å². The van der Waals surface area contributed by atoms with Crippen molar-refractivity contribution in [1.29, 1.82) is 0 Å². The molecule has 1 heterocycles. The Labute approximate surface area is 91.7 Å². The second-order valence-corrected chi connectivity index (χ2v) is 4.98. The van der Waals surface area contributed by atoms with E-state index in [1.807, 2.05) is 12.5 Å². The van der Waals surface area contributed by atoms with Crippen molar-refractivity contribution in [3.63, 3.8) is 0 Å². The van der Waals surface area contributed by atoms with Crippen molar-refractivity contribution in [2.75, 3.05) is 6.54 Å². The normalized spacial score (nSPS) is 20.0. The molecule has 1 aliphatic rings. The standard InChI is InChI=1S/C12H21N3/c1-10(2)11-7-14-9-15(11)12(8-13)5-3-4-6-12/h7,9-10H,3-6,8,13H2,1-2H3. The average molecular weight is 207 g/mol. The molecule has 0 radical (unpaired) electrons. The lowest BCUT2D eigenvalue weighted by Gasteiger charge is -2.32. The number of rotatable bonds is 3. The van der Waals surface area contributed by atoms with Gasteiger partial charge in [-0.15, -0.1) is 0 Å². The molecule has 0 aromatic carbocycles. The third kappa shape index (κ3) is 1.69. The van der Waals surface area contributed by atoms with Crippen molar-refractivity contribution in [3.05, 3.63) is 18.2 Å². The first-order valence-electron chi connectivity index (χ1n) is 5.92. The van der Waals surface area contributed by atoms with E-state index in [2.05, 4.69) is 23.4 Å². The van der Waals surface area contributed by atoms with E-state index in [4.69, 9.17) is 5.73 Å². The van der Waals surface area contributed by atoms with E-state index in [-0.39, 0.29) is 5.54 Å². The molecular formula is C12H21N3. The molecule has 0 saturated heterocycles. The van der Waals surface area contributed by atoms with E-state index in [1.54, 1.807) is 0 Å². The average Bonchev–Trinajstić information content (AvgIpc) is 2.87. The molecule has 1 aromatic heterocycles. The minimum Gasteiger partial charge on any atom is -0.328 e. The molecular weight excluding hydrogens is 186 g/mol. The summed E-state index contributed by atoms with van der Waals surface area (Å²) in [6.07, 6.45) is 8.97. The molecule has 2 N–H and O–H groups in total. The van der Waals surface area contributed by atoms with Crippen LogP contribution in [0.5, 0.6) is 0 Å². The quantitative estimate of drug-likeness (QED) is 0.826. The van der Waals surface area contributed by atoms with E-state index >= 15 is 0 Å². The van der Waals surface area contributed by atoms with Crippen LogP contribution in [0.1, 0.15) is 51.1 Å². The fourth-order valence-electron chi connectivity index (χ4n) is 2.71. The summed E-state index contributed by atoms with van der Waals surface area (Å²) in [6, 6.07) is 0. The first-order chi connectivity index (χ1) is 7.19. The van der Waals surface area contributed by atoms with Crippen molar-refractivity contribution < 1.29 is 0 Å². The maximum absolute atomic E-state index is 5.98. The zero-order valence-corrected chi connectivity index (χ0v) is 9.74. The number of nitrogens with zero attached hydrogens (tertiary/aromatic N) is 2. The number of imidazole rings is 1. The lowest BCUT2D eigenvalue weighted by molar-refractivity contribution is 0.292. The highest BCUT2D eigenvalue weighted by atomic mass is 15.1. The molecule has 0 amide bonds. The fraction of sp³-hybridized carbons (Fsp3) is 0.750. The fourth-order valence-corrected chi connectivity index (χ4v) is 2.71. The topological polar surface area (TPSA) is 43.8 Å². The van der Waals surface area contributed by atoms with Crippen molar-refractivity contribution in [2.45, 2.75) is 51.0 Å². The van der Waals surface area contributed by atoms with Crippen LogP contribution >= 0.6 is 0 Å². The highest BCUT2D eigenvalue weighted by molar-refractivity contribution is 5.10. The summed E-state index contributed by atoms with van der Waals surface area (Å²) in [5.41, 5.74) is 7.46. The number of hydrogen-bond donors (Lipinski definition) is 1. The lowest BCUT2D eigenvalue weighted by atomic mass is 9.96. The summed E-state index contributed by atoms with van der Waals surface area (Å²) in [6.45, 7) is 5.17. The van der Waals surface area contributed by atoms with E-state index in [1.165, 1.54) is 31.4 Å². The minimum atomic E-state index is 0.163. The van der Waals surface area contributed by atoms with Gasteiger partial charge in [-0.05, 0) is 18.8 Å². The summed E-state index contributed by atoms with van der Waals surface area (Å²) >= 11 is 0. The molecule has 1 saturated carbocycles. The van der Waals surface area contributed by atoms with Gasteiger partial charge in [0.1, 0.15) is 0 Å². The molecule has 0 unspecified atom stereocenters. The highest BCUT2D eigenvalue weighted by Gasteiger charge is 2.35. The lowest BCUT2D eigenvalue weighted by Crippen LogP contribution is -2.39. The third-order valence-electron chi connectivity index (χ3n) is 3.68. The molecule has 15 heavy (non-hydrogen) atoms. The smallest absolute Gasteiger partial charge is 0.0953 e. The van der Waals surface area contributed by atoms with Crippen LogP contribution in [0.2, 0.25) is 0 Å². The SMILES string of the molecule is CC(C)c1cncn1C1(CN)CCCC1. The number of hydrogen-bond acceptors (Lipinski definition) is 2. The van der Waals surface area contributed by atoms with Gasteiger partial charge in [-0.3, -0.25) is 0 Å². The molecule has 3 nitrogen and oxygen atoms in total. The predicted molar refractivity (Wildman–Crippen MR) is 61.8 cm³/mol. The van der Waals surface area contributed by atoms with E-state index < -0.39 is 0 Å². The second kappa shape index (κ2) is 3.97. The van der Waals surface area contributed by atoms with Gasteiger partial charge in [0.2, 0.25) is 0 Å². The molecule has 0 atom stereocenters. The number of nitrogens with two attached hydrogens (primary N) is 1. The van der Waals surface area contributed by atoms with Crippen molar-refractivity contribution in [2.24, 2.45) is 5.73 Å². The van der Waals surface area contributed by atoms with Gasteiger partial charge in [0, 0.05) is 18.4 Å². The van der Waals surface area contributed by atoms with Crippen molar-refractivity contribution in [3.8, 4) is 0 Å². The van der Waals surface area contributed by atoms with Crippen LogP contribution in [0.25, 0.3) is 0 Å². The number of aromatic nitrogens is 2. The van der Waals surface area contributed by atoms with Gasteiger partial charge >= 0.3 is 0 Å². The van der Waals surface area contributed by atoms with Crippen LogP contribution < -0.4 is 5.73 Å². The predicted octanol–water partition coefficient (Wildman–Crippen LogP) is 2.23. The maximum atomic E-state index is 5.98. The molecule has 84 valence electrons. The Morgan fingerprint density at radius 3 is 2.67 bits per heavy atom. The van der Waals surface area contributed by atoms with Gasteiger partial charge in [-0.25, -0.2) is 4.98 Å². The summed E-state index contributed by atoms with van der Waals surface area (Å²) in [5.74, 6) is 0.525. The van der Waals surface area contributed by atoms with Gasteiger partial charge in [-0.2, -0.15) is 0 Å². The maximum Gasteiger partial charge on any atom is 0.0953 e. The summed E-state index contributed by atoms with van der Waals surface area (Å²) in [5, 5.41) is 0. The Morgan fingerprint density at radius 1 is 1.47 bits per heavy atom. The zero-order chi connectivity index (χ0) is 10.9. The molecule has 1 fully saturated rings. The summed E-state index contributed by atoms with van der Waals surface area (Å²) in [7, 11) is 0. The van der Waals surface area contributed by atoms with Gasteiger partial charge in [0.05, 0.1) is 11.9 Å². The highest BCUT2D eigenvalue weighted by Crippen LogP contribution is 2.37.